The molecule has 1 N–H and O–H groups in total. The number of ether oxygens (including phenoxy) is 5. The normalized spacial score (nSPS) is 22.3. The van der Waals surface area contributed by atoms with Crippen LogP contribution in [0, 0.1) is 11.8 Å². The lowest BCUT2D eigenvalue weighted by Crippen LogP contribution is -2.30. The molecule has 168 valence electrons. The number of esters is 2. The van der Waals surface area contributed by atoms with Gasteiger partial charge in [0.1, 0.15) is 19.8 Å². The molecule has 0 saturated heterocycles. The zero-order valence-corrected chi connectivity index (χ0v) is 18.6. The van der Waals surface area contributed by atoms with Crippen LogP contribution in [0.1, 0.15) is 46.5 Å². The number of carbonyl (C=O) groups excluding carboxylic acids is 2. The van der Waals surface area contributed by atoms with E-state index in [9.17, 15) is 9.59 Å². The third-order valence-electron chi connectivity index (χ3n) is 4.70. The molecular weight excluding hydrogens is 399 g/mol. The van der Waals surface area contributed by atoms with Crippen molar-refractivity contribution in [2.75, 3.05) is 33.0 Å². The SMILES string of the molecule is CC(O)COC(=O)COCC1CCC(COC(C)C(=O)OCC(C)OC=P)CC1. The fraction of sp³-hybridized carbons (Fsp3) is 0.850. The Balaban J connectivity index is 2.11. The predicted molar refractivity (Wildman–Crippen MR) is 110 cm³/mol. The lowest BCUT2D eigenvalue weighted by molar-refractivity contribution is -0.159. The summed E-state index contributed by atoms with van der Waals surface area (Å²) in [5.41, 5.74) is 0. The van der Waals surface area contributed by atoms with Crippen LogP contribution in [0.2, 0.25) is 0 Å². The van der Waals surface area contributed by atoms with Crippen molar-refractivity contribution in [1.29, 1.82) is 0 Å². The van der Waals surface area contributed by atoms with Gasteiger partial charge in [-0.1, -0.05) is 8.86 Å². The molecule has 1 aliphatic carbocycles. The van der Waals surface area contributed by atoms with Crippen LogP contribution in [0.5, 0.6) is 0 Å². The molecular formula is C20H35O8P. The largest absolute Gasteiger partial charge is 0.461 e. The van der Waals surface area contributed by atoms with E-state index >= 15 is 0 Å². The molecule has 0 bridgehead atoms. The van der Waals surface area contributed by atoms with Crippen molar-refractivity contribution in [2.45, 2.75) is 64.8 Å². The van der Waals surface area contributed by atoms with Gasteiger partial charge >= 0.3 is 11.9 Å². The zero-order chi connectivity index (χ0) is 21.6. The maximum Gasteiger partial charge on any atom is 0.335 e. The summed E-state index contributed by atoms with van der Waals surface area (Å²) in [5, 5.41) is 9.07. The molecule has 0 spiro atoms. The fourth-order valence-corrected chi connectivity index (χ4v) is 3.18. The highest BCUT2D eigenvalue weighted by Crippen LogP contribution is 2.29. The lowest BCUT2D eigenvalue weighted by atomic mass is 9.83. The summed E-state index contributed by atoms with van der Waals surface area (Å²) in [4.78, 5) is 23.4. The van der Waals surface area contributed by atoms with Crippen molar-refractivity contribution >= 4 is 26.8 Å². The molecule has 1 aliphatic rings. The summed E-state index contributed by atoms with van der Waals surface area (Å²) in [7, 11) is 3.09. The van der Waals surface area contributed by atoms with Crippen LogP contribution < -0.4 is 0 Å². The number of carbonyl (C=O) groups is 2. The van der Waals surface area contributed by atoms with Crippen molar-refractivity contribution in [2.24, 2.45) is 11.8 Å². The molecule has 3 unspecified atom stereocenters. The van der Waals surface area contributed by atoms with E-state index in [1.807, 2.05) is 0 Å². The summed E-state index contributed by atoms with van der Waals surface area (Å²) in [6.45, 7) is 6.17. The van der Waals surface area contributed by atoms with Gasteiger partial charge in [0.25, 0.3) is 0 Å². The average Bonchev–Trinajstić information content (AvgIpc) is 2.69. The van der Waals surface area contributed by atoms with E-state index < -0.39 is 18.2 Å². The first kappa shape index (κ1) is 26.0. The highest BCUT2D eigenvalue weighted by Gasteiger charge is 2.24. The zero-order valence-electron chi connectivity index (χ0n) is 17.6. The Kier molecular flexibility index (Phi) is 13.3. The third kappa shape index (κ3) is 12.3. The van der Waals surface area contributed by atoms with E-state index in [1.54, 1.807) is 20.8 Å². The van der Waals surface area contributed by atoms with E-state index in [2.05, 4.69) is 8.86 Å². The van der Waals surface area contributed by atoms with Gasteiger partial charge in [0.2, 0.25) is 0 Å². The third-order valence-corrected chi connectivity index (χ3v) is 4.84. The first-order valence-corrected chi connectivity index (χ1v) is 10.7. The minimum atomic E-state index is -0.670. The van der Waals surface area contributed by atoms with Crippen molar-refractivity contribution in [1.82, 2.24) is 0 Å². The Morgan fingerprint density at radius 1 is 1.03 bits per heavy atom. The van der Waals surface area contributed by atoms with Crippen molar-refractivity contribution in [3.63, 3.8) is 0 Å². The van der Waals surface area contributed by atoms with Gasteiger partial charge in [0, 0.05) is 0 Å². The Bertz CT molecular complexity index is 491. The maximum atomic E-state index is 11.9. The number of rotatable bonds is 14. The Labute approximate surface area is 175 Å². The van der Waals surface area contributed by atoms with E-state index in [4.69, 9.17) is 28.8 Å². The minimum Gasteiger partial charge on any atom is -0.461 e. The van der Waals surface area contributed by atoms with E-state index in [1.165, 1.54) is 5.98 Å². The average molecular weight is 434 g/mol. The van der Waals surface area contributed by atoms with Crippen LogP contribution in [0.3, 0.4) is 0 Å². The van der Waals surface area contributed by atoms with Gasteiger partial charge in [-0.2, -0.15) is 0 Å². The van der Waals surface area contributed by atoms with Gasteiger partial charge in [0.15, 0.2) is 6.10 Å². The minimum absolute atomic E-state index is 0.0124. The fourth-order valence-electron chi connectivity index (χ4n) is 2.95. The standard InChI is InChI=1S/C20H35O8P/c1-14(21)8-26-19(22)12-24-10-17-4-6-18(7-5-17)11-25-16(3)20(23)27-9-15(2)28-13-29/h13-18,21,29H,4-12H2,1-3H3. The molecule has 9 heteroatoms. The van der Waals surface area contributed by atoms with E-state index in [0.29, 0.717) is 25.0 Å². The number of aliphatic hydroxyl groups excluding tert-OH is 1. The van der Waals surface area contributed by atoms with Gasteiger partial charge in [-0.15, -0.1) is 0 Å². The summed E-state index contributed by atoms with van der Waals surface area (Å²) in [5.74, 6) is 1.34. The second-order valence-electron chi connectivity index (χ2n) is 7.60. The summed E-state index contributed by atoms with van der Waals surface area (Å²) in [6, 6.07) is 0. The van der Waals surface area contributed by atoms with Crippen LogP contribution in [0.4, 0.5) is 0 Å². The first-order chi connectivity index (χ1) is 13.8. The molecule has 0 heterocycles. The monoisotopic (exact) mass is 434 g/mol. The van der Waals surface area contributed by atoms with Gasteiger partial charge < -0.3 is 28.8 Å². The molecule has 0 aromatic heterocycles. The van der Waals surface area contributed by atoms with E-state index in [0.717, 1.165) is 25.7 Å². The highest BCUT2D eigenvalue weighted by atomic mass is 31.0. The summed E-state index contributed by atoms with van der Waals surface area (Å²) < 4.78 is 26.3. The molecule has 1 saturated carbocycles. The molecule has 0 aromatic rings. The molecule has 8 nitrogen and oxygen atoms in total. The molecule has 0 aliphatic heterocycles. The van der Waals surface area contributed by atoms with Crippen LogP contribution in [-0.4, -0.2) is 74.4 Å². The van der Waals surface area contributed by atoms with Crippen molar-refractivity contribution < 1.29 is 38.4 Å². The van der Waals surface area contributed by atoms with Gasteiger partial charge in [-0.25, -0.2) is 9.59 Å². The second-order valence-corrected chi connectivity index (χ2v) is 7.84. The molecule has 1 fully saturated rings. The lowest BCUT2D eigenvalue weighted by Gasteiger charge is -2.28. The first-order valence-electron chi connectivity index (χ1n) is 10.2. The van der Waals surface area contributed by atoms with Gasteiger partial charge in [-0.05, 0) is 58.3 Å². The number of hydrogen-bond donors (Lipinski definition) is 1. The van der Waals surface area contributed by atoms with Gasteiger partial charge in [0.05, 0.1) is 31.4 Å². The summed E-state index contributed by atoms with van der Waals surface area (Å²) in [6.07, 6.45) is 2.48. The Hall–Kier alpha value is -1.05. The highest BCUT2D eigenvalue weighted by molar-refractivity contribution is 7.17. The summed E-state index contributed by atoms with van der Waals surface area (Å²) >= 11 is 0. The molecule has 0 amide bonds. The van der Waals surface area contributed by atoms with Crippen LogP contribution in [0.25, 0.3) is 0 Å². The predicted octanol–water partition coefficient (Wildman–Crippen LogP) is 1.99. The molecule has 0 aromatic carbocycles. The maximum absolute atomic E-state index is 11.9. The van der Waals surface area contributed by atoms with Gasteiger partial charge in [-0.3, -0.25) is 0 Å². The quantitative estimate of drug-likeness (QED) is 0.327. The molecule has 1 rings (SSSR count). The second kappa shape index (κ2) is 14.9. The van der Waals surface area contributed by atoms with Crippen LogP contribution in [-0.2, 0) is 33.3 Å². The van der Waals surface area contributed by atoms with Crippen molar-refractivity contribution in [3.8, 4) is 0 Å². The molecule has 0 radical (unpaired) electrons. The molecule has 29 heavy (non-hydrogen) atoms. The van der Waals surface area contributed by atoms with Crippen molar-refractivity contribution in [3.05, 3.63) is 0 Å². The van der Waals surface area contributed by atoms with E-state index in [-0.39, 0.29) is 31.9 Å². The van der Waals surface area contributed by atoms with Crippen LogP contribution in [0.15, 0.2) is 0 Å². The smallest absolute Gasteiger partial charge is 0.335 e. The Morgan fingerprint density at radius 3 is 2.24 bits per heavy atom. The number of hydrogen-bond acceptors (Lipinski definition) is 8. The van der Waals surface area contributed by atoms with Crippen LogP contribution >= 0.6 is 8.86 Å². The Morgan fingerprint density at radius 2 is 1.66 bits per heavy atom. The molecule has 3 atom stereocenters. The topological polar surface area (TPSA) is 101 Å². The number of aliphatic hydroxyl groups is 1.